The maximum absolute atomic E-state index is 13.6. The molecule has 162 valence electrons. The Kier molecular flexibility index (Phi) is 7.10. The van der Waals surface area contributed by atoms with Gasteiger partial charge in [0.15, 0.2) is 0 Å². The summed E-state index contributed by atoms with van der Waals surface area (Å²) >= 11 is 0. The first-order chi connectivity index (χ1) is 15.1. The number of hydrogen-bond donors (Lipinski definition) is 2. The predicted octanol–water partition coefficient (Wildman–Crippen LogP) is 5.59. The SMILES string of the molecule is C[C@@H](NS(=O)/C=C/c1n[nH]c2c1CCCCC2Cc1cccc(F)c1)c1ccccc1. The van der Waals surface area contributed by atoms with Gasteiger partial charge in [0, 0.05) is 28.6 Å². The van der Waals surface area contributed by atoms with E-state index in [1.165, 1.54) is 11.6 Å². The fourth-order valence-electron chi connectivity index (χ4n) is 4.27. The third kappa shape index (κ3) is 5.57. The summed E-state index contributed by atoms with van der Waals surface area (Å²) < 4.78 is 29.3. The number of aromatic nitrogens is 2. The zero-order valence-electron chi connectivity index (χ0n) is 17.7. The molecule has 4 rings (SSSR count). The van der Waals surface area contributed by atoms with Gasteiger partial charge in [-0.1, -0.05) is 48.9 Å². The summed E-state index contributed by atoms with van der Waals surface area (Å²) in [5, 5.41) is 9.41. The number of rotatable bonds is 7. The largest absolute Gasteiger partial charge is 0.281 e. The monoisotopic (exact) mass is 437 g/mol. The minimum absolute atomic E-state index is 0.0152. The molecule has 0 radical (unpaired) electrons. The highest BCUT2D eigenvalue weighted by molar-refractivity contribution is 7.86. The van der Waals surface area contributed by atoms with Crippen molar-refractivity contribution in [3.63, 3.8) is 0 Å². The summed E-state index contributed by atoms with van der Waals surface area (Å²) in [7, 11) is -1.31. The van der Waals surface area contributed by atoms with E-state index in [1.54, 1.807) is 17.5 Å². The molecule has 31 heavy (non-hydrogen) atoms. The van der Waals surface area contributed by atoms with Gasteiger partial charge in [0.1, 0.15) is 16.8 Å². The van der Waals surface area contributed by atoms with Crippen LogP contribution in [0.25, 0.3) is 6.08 Å². The van der Waals surface area contributed by atoms with E-state index in [1.807, 2.05) is 49.4 Å². The first-order valence-corrected chi connectivity index (χ1v) is 12.0. The second-order valence-corrected chi connectivity index (χ2v) is 9.23. The first kappa shape index (κ1) is 21.7. The smallest absolute Gasteiger partial charge is 0.123 e. The molecule has 1 heterocycles. The molecule has 6 heteroatoms. The van der Waals surface area contributed by atoms with E-state index in [0.717, 1.165) is 54.6 Å². The Labute approximate surface area is 185 Å². The molecule has 0 spiro atoms. The van der Waals surface area contributed by atoms with Gasteiger partial charge in [-0.15, -0.1) is 0 Å². The van der Waals surface area contributed by atoms with Crippen LogP contribution in [0.1, 0.15) is 66.2 Å². The van der Waals surface area contributed by atoms with Crippen LogP contribution in [-0.2, 0) is 23.8 Å². The Morgan fingerprint density at radius 3 is 2.87 bits per heavy atom. The Hall–Kier alpha value is -2.57. The summed E-state index contributed by atoms with van der Waals surface area (Å²) in [6, 6.07) is 16.8. The number of H-pyrrole nitrogens is 1. The van der Waals surface area contributed by atoms with Gasteiger partial charge in [-0.3, -0.25) is 5.10 Å². The van der Waals surface area contributed by atoms with Crippen LogP contribution in [0.2, 0.25) is 0 Å². The molecule has 0 saturated carbocycles. The van der Waals surface area contributed by atoms with Gasteiger partial charge in [-0.2, -0.15) is 5.10 Å². The lowest BCUT2D eigenvalue weighted by Gasteiger charge is -2.14. The number of nitrogens with one attached hydrogen (secondary N) is 2. The highest BCUT2D eigenvalue weighted by Crippen LogP contribution is 2.33. The van der Waals surface area contributed by atoms with Crippen LogP contribution in [0.15, 0.2) is 60.0 Å². The number of nitrogens with zero attached hydrogens (tertiary/aromatic N) is 1. The minimum atomic E-state index is -1.31. The standard InChI is InChI=1S/C25H28FN3OS/c1-18(20-9-3-2-4-10-20)29-31(30)15-14-24-23-13-6-5-11-21(25(23)28-27-24)16-19-8-7-12-22(26)17-19/h2-4,7-10,12,14-15,17-18,21,29H,5-6,11,13,16H2,1H3,(H,27,28)/b15-14+/t18-,21?,31?/m1/s1. The van der Waals surface area contributed by atoms with Crippen LogP contribution in [0.3, 0.4) is 0 Å². The summed E-state index contributed by atoms with van der Waals surface area (Å²) in [5.41, 5.74) is 5.28. The van der Waals surface area contributed by atoms with Crippen LogP contribution in [0.5, 0.6) is 0 Å². The molecule has 0 saturated heterocycles. The molecule has 2 N–H and O–H groups in total. The Morgan fingerprint density at radius 1 is 1.23 bits per heavy atom. The van der Waals surface area contributed by atoms with Crippen LogP contribution < -0.4 is 4.72 Å². The quantitative estimate of drug-likeness (QED) is 0.474. The average molecular weight is 438 g/mol. The highest BCUT2D eigenvalue weighted by atomic mass is 32.2. The lowest BCUT2D eigenvalue weighted by molar-refractivity contribution is 0.574. The average Bonchev–Trinajstić information content (AvgIpc) is 3.07. The summed E-state index contributed by atoms with van der Waals surface area (Å²) in [6.45, 7) is 2.00. The molecule has 2 aromatic carbocycles. The molecular formula is C25H28FN3OS. The van der Waals surface area contributed by atoms with Gasteiger partial charge in [0.2, 0.25) is 0 Å². The van der Waals surface area contributed by atoms with Crippen molar-refractivity contribution in [2.24, 2.45) is 0 Å². The molecule has 4 nitrogen and oxygen atoms in total. The lowest BCUT2D eigenvalue weighted by Crippen LogP contribution is -2.19. The normalized spacial score (nSPS) is 18.5. The maximum Gasteiger partial charge on any atom is 0.123 e. The van der Waals surface area contributed by atoms with Crippen molar-refractivity contribution in [3.05, 3.63) is 93.9 Å². The van der Waals surface area contributed by atoms with Crippen LogP contribution in [0, 0.1) is 5.82 Å². The van der Waals surface area contributed by atoms with Gasteiger partial charge in [0.25, 0.3) is 0 Å². The summed E-state index contributed by atoms with van der Waals surface area (Å²) in [6.07, 6.45) is 6.87. The van der Waals surface area contributed by atoms with Crippen molar-refractivity contribution in [3.8, 4) is 0 Å². The number of hydrogen-bond acceptors (Lipinski definition) is 2. The van der Waals surface area contributed by atoms with Crippen molar-refractivity contribution in [1.29, 1.82) is 0 Å². The van der Waals surface area contributed by atoms with Crippen molar-refractivity contribution < 1.29 is 8.60 Å². The van der Waals surface area contributed by atoms with Gasteiger partial charge in [-0.25, -0.2) is 13.3 Å². The topological polar surface area (TPSA) is 57.8 Å². The van der Waals surface area contributed by atoms with Crippen LogP contribution in [0.4, 0.5) is 4.39 Å². The lowest BCUT2D eigenvalue weighted by atomic mass is 9.91. The Morgan fingerprint density at radius 2 is 2.06 bits per heavy atom. The maximum atomic E-state index is 13.6. The van der Waals surface area contributed by atoms with Crippen LogP contribution in [-0.4, -0.2) is 14.4 Å². The van der Waals surface area contributed by atoms with E-state index in [9.17, 15) is 8.60 Å². The molecule has 3 atom stereocenters. The molecule has 0 amide bonds. The van der Waals surface area contributed by atoms with Gasteiger partial charge in [-0.05, 0) is 61.9 Å². The van der Waals surface area contributed by atoms with Crippen LogP contribution >= 0.6 is 0 Å². The fraction of sp³-hybridized carbons (Fsp3) is 0.320. The number of fused-ring (bicyclic) bond motifs is 1. The molecule has 1 aromatic heterocycles. The molecule has 0 aliphatic heterocycles. The third-order valence-electron chi connectivity index (χ3n) is 5.88. The zero-order chi connectivity index (χ0) is 21.6. The van der Waals surface area contributed by atoms with E-state index < -0.39 is 11.0 Å². The van der Waals surface area contributed by atoms with E-state index in [-0.39, 0.29) is 17.8 Å². The van der Waals surface area contributed by atoms with E-state index in [2.05, 4.69) is 14.9 Å². The second-order valence-electron chi connectivity index (χ2n) is 8.13. The Balaban J connectivity index is 1.46. The molecule has 0 bridgehead atoms. The van der Waals surface area contributed by atoms with E-state index in [4.69, 9.17) is 0 Å². The molecular weight excluding hydrogens is 409 g/mol. The zero-order valence-corrected chi connectivity index (χ0v) is 18.5. The van der Waals surface area contributed by atoms with Crippen molar-refractivity contribution in [2.75, 3.05) is 0 Å². The third-order valence-corrected chi connectivity index (χ3v) is 6.85. The number of benzene rings is 2. The fourth-order valence-corrected chi connectivity index (χ4v) is 5.09. The first-order valence-electron chi connectivity index (χ1n) is 10.8. The van der Waals surface area contributed by atoms with Gasteiger partial charge < -0.3 is 0 Å². The van der Waals surface area contributed by atoms with Gasteiger partial charge in [0.05, 0.1) is 5.69 Å². The Bertz CT molecular complexity index is 1060. The van der Waals surface area contributed by atoms with Gasteiger partial charge >= 0.3 is 0 Å². The van der Waals surface area contributed by atoms with Crippen molar-refractivity contribution >= 4 is 17.1 Å². The summed E-state index contributed by atoms with van der Waals surface area (Å²) in [5.74, 6) is 0.0926. The van der Waals surface area contributed by atoms with E-state index in [0.29, 0.717) is 0 Å². The molecule has 0 fully saturated rings. The number of halogens is 1. The molecule has 3 aromatic rings. The summed E-state index contributed by atoms with van der Waals surface area (Å²) in [4.78, 5) is 0. The number of aromatic amines is 1. The molecule has 1 aliphatic carbocycles. The highest BCUT2D eigenvalue weighted by Gasteiger charge is 2.23. The molecule has 1 aliphatic rings. The second kappa shape index (κ2) is 10.2. The minimum Gasteiger partial charge on any atom is -0.281 e. The van der Waals surface area contributed by atoms with E-state index >= 15 is 0 Å². The van der Waals surface area contributed by atoms with Crippen molar-refractivity contribution in [1.82, 2.24) is 14.9 Å². The predicted molar refractivity (Wildman–Crippen MR) is 124 cm³/mol. The molecule has 2 unspecified atom stereocenters. The van der Waals surface area contributed by atoms with Crippen molar-refractivity contribution in [2.45, 2.75) is 51.0 Å².